The molecular formula is C13H9Cl2O. The molecule has 1 nitrogen and oxygen atoms in total. The van der Waals surface area contributed by atoms with Gasteiger partial charge in [0, 0.05) is 11.6 Å². The van der Waals surface area contributed by atoms with Gasteiger partial charge in [0.15, 0.2) is 0 Å². The lowest BCUT2D eigenvalue weighted by atomic mass is 10.2. The van der Waals surface area contributed by atoms with Crippen LogP contribution in [0.3, 0.4) is 0 Å². The number of ether oxygens (including phenoxy) is 1. The van der Waals surface area contributed by atoms with Crippen molar-refractivity contribution in [1.29, 1.82) is 0 Å². The lowest BCUT2D eigenvalue weighted by Gasteiger charge is -2.21. The van der Waals surface area contributed by atoms with E-state index in [9.17, 15) is 0 Å². The molecule has 0 saturated carbocycles. The number of hydrogen-bond acceptors (Lipinski definition) is 1. The predicted molar refractivity (Wildman–Crippen MR) is 65.7 cm³/mol. The summed E-state index contributed by atoms with van der Waals surface area (Å²) in [6, 6.07) is 19.3. The fourth-order valence-corrected chi connectivity index (χ4v) is 1.69. The second-order valence-electron chi connectivity index (χ2n) is 3.21. The summed E-state index contributed by atoms with van der Waals surface area (Å²) in [4.78, 5) is 0. The van der Waals surface area contributed by atoms with E-state index in [0.717, 1.165) is 0 Å². The third-order valence-electron chi connectivity index (χ3n) is 2.03. The molecule has 0 aliphatic rings. The first-order valence-electron chi connectivity index (χ1n) is 4.77. The van der Waals surface area contributed by atoms with Crippen molar-refractivity contribution in [2.45, 2.75) is 4.52 Å². The maximum atomic E-state index is 6.12. The van der Waals surface area contributed by atoms with Gasteiger partial charge in [0.05, 0.1) is 0 Å². The van der Waals surface area contributed by atoms with E-state index in [0.29, 0.717) is 11.3 Å². The summed E-state index contributed by atoms with van der Waals surface area (Å²) in [5, 5.41) is 0. The van der Waals surface area contributed by atoms with E-state index in [4.69, 9.17) is 27.9 Å². The minimum Gasteiger partial charge on any atom is -0.453 e. The van der Waals surface area contributed by atoms with Crippen LogP contribution in [0.4, 0.5) is 0 Å². The van der Waals surface area contributed by atoms with E-state index >= 15 is 0 Å². The number of rotatable bonds is 3. The fourth-order valence-electron chi connectivity index (χ4n) is 1.27. The highest BCUT2D eigenvalue weighted by atomic mass is 35.5. The number of alkyl halides is 2. The molecule has 0 atom stereocenters. The molecule has 81 valence electrons. The van der Waals surface area contributed by atoms with E-state index in [2.05, 4.69) is 6.07 Å². The minimum absolute atomic E-state index is 0.511. The van der Waals surface area contributed by atoms with E-state index in [1.165, 1.54) is 0 Å². The molecule has 0 N–H and O–H groups in total. The summed E-state index contributed by atoms with van der Waals surface area (Å²) in [6.45, 7) is 0. The van der Waals surface area contributed by atoms with Crippen LogP contribution >= 0.6 is 23.2 Å². The molecule has 0 heterocycles. The van der Waals surface area contributed by atoms with Crippen LogP contribution in [0.15, 0.2) is 54.6 Å². The summed E-state index contributed by atoms with van der Waals surface area (Å²) in [7, 11) is 0. The Morgan fingerprint density at radius 3 is 2.25 bits per heavy atom. The van der Waals surface area contributed by atoms with Crippen LogP contribution in [0.5, 0.6) is 5.75 Å². The van der Waals surface area contributed by atoms with Crippen molar-refractivity contribution in [1.82, 2.24) is 0 Å². The second kappa shape index (κ2) is 4.77. The molecule has 0 spiro atoms. The highest BCUT2D eigenvalue weighted by molar-refractivity contribution is 6.47. The van der Waals surface area contributed by atoms with E-state index in [-0.39, 0.29) is 0 Å². The Morgan fingerprint density at radius 1 is 0.938 bits per heavy atom. The van der Waals surface area contributed by atoms with E-state index in [1.807, 2.05) is 42.5 Å². The Morgan fingerprint density at radius 2 is 1.62 bits per heavy atom. The largest absolute Gasteiger partial charge is 0.453 e. The molecule has 0 aromatic heterocycles. The lowest BCUT2D eigenvalue weighted by Crippen LogP contribution is -2.18. The third-order valence-corrected chi connectivity index (χ3v) is 2.62. The third kappa shape index (κ3) is 2.69. The first-order valence-corrected chi connectivity index (χ1v) is 5.53. The second-order valence-corrected chi connectivity index (χ2v) is 4.47. The summed E-state index contributed by atoms with van der Waals surface area (Å²) in [5.74, 6) is 0.511. The maximum absolute atomic E-state index is 6.12. The molecule has 0 aliphatic heterocycles. The monoisotopic (exact) mass is 251 g/mol. The quantitative estimate of drug-likeness (QED) is 0.745. The molecule has 1 radical (unpaired) electrons. The van der Waals surface area contributed by atoms with Gasteiger partial charge in [-0.3, -0.25) is 0 Å². The van der Waals surface area contributed by atoms with Gasteiger partial charge in [-0.05, 0) is 6.07 Å². The van der Waals surface area contributed by atoms with Gasteiger partial charge in [0.25, 0.3) is 4.52 Å². The van der Waals surface area contributed by atoms with Crippen LogP contribution < -0.4 is 4.74 Å². The average Bonchev–Trinajstić information content (AvgIpc) is 2.31. The normalized spacial score (nSPS) is 11.1. The molecule has 2 rings (SSSR count). The summed E-state index contributed by atoms with van der Waals surface area (Å²) < 4.78 is 4.07. The first-order chi connectivity index (χ1) is 7.68. The van der Waals surface area contributed by atoms with Gasteiger partial charge in [-0.25, -0.2) is 0 Å². The first kappa shape index (κ1) is 11.3. The topological polar surface area (TPSA) is 9.23 Å². The van der Waals surface area contributed by atoms with Gasteiger partial charge < -0.3 is 4.74 Å². The highest BCUT2D eigenvalue weighted by Crippen LogP contribution is 2.35. The van der Waals surface area contributed by atoms with Gasteiger partial charge in [0.2, 0.25) is 0 Å². The van der Waals surface area contributed by atoms with Crippen LogP contribution in [-0.4, -0.2) is 0 Å². The molecule has 2 aromatic rings. The predicted octanol–water partition coefficient (Wildman–Crippen LogP) is 4.15. The van der Waals surface area contributed by atoms with Gasteiger partial charge in [-0.2, -0.15) is 0 Å². The maximum Gasteiger partial charge on any atom is 0.284 e. The summed E-state index contributed by atoms with van der Waals surface area (Å²) in [6.07, 6.45) is 0. The number of para-hydroxylation sites is 1. The standard InChI is InChI=1S/C13H9Cl2O/c14-13(15,11-7-3-1-4-8-11)16-12-9-5-2-6-10-12/h1-9H. The Balaban J connectivity index is 2.21. The zero-order chi connectivity index (χ0) is 11.4. The van der Waals surface area contributed by atoms with Crippen molar-refractivity contribution in [2.75, 3.05) is 0 Å². The van der Waals surface area contributed by atoms with Crippen molar-refractivity contribution in [3.8, 4) is 5.75 Å². The van der Waals surface area contributed by atoms with Crippen molar-refractivity contribution < 1.29 is 4.74 Å². The number of halogens is 2. The zero-order valence-corrected chi connectivity index (χ0v) is 9.87. The SMILES string of the molecule is ClC(Cl)(Oc1[c]cccc1)c1ccccc1. The molecule has 16 heavy (non-hydrogen) atoms. The van der Waals surface area contributed by atoms with Crippen molar-refractivity contribution in [3.05, 3.63) is 66.2 Å². The molecular weight excluding hydrogens is 243 g/mol. The van der Waals surface area contributed by atoms with Crippen LogP contribution in [0.2, 0.25) is 0 Å². The Bertz CT molecular complexity index is 440. The molecule has 3 heteroatoms. The van der Waals surface area contributed by atoms with Crippen LogP contribution in [0.1, 0.15) is 5.56 Å². The van der Waals surface area contributed by atoms with Crippen LogP contribution in [0, 0.1) is 6.07 Å². The van der Waals surface area contributed by atoms with Gasteiger partial charge in [-0.1, -0.05) is 71.7 Å². The fraction of sp³-hybridized carbons (Fsp3) is 0.0769. The van der Waals surface area contributed by atoms with Crippen LogP contribution in [-0.2, 0) is 4.52 Å². The van der Waals surface area contributed by atoms with E-state index in [1.54, 1.807) is 12.1 Å². The Hall–Kier alpha value is -1.18. The smallest absolute Gasteiger partial charge is 0.284 e. The minimum atomic E-state index is -1.39. The van der Waals surface area contributed by atoms with Crippen LogP contribution in [0.25, 0.3) is 0 Å². The number of benzene rings is 2. The highest BCUT2D eigenvalue weighted by Gasteiger charge is 2.28. The molecule has 0 saturated heterocycles. The number of hydrogen-bond donors (Lipinski definition) is 0. The van der Waals surface area contributed by atoms with Crippen molar-refractivity contribution >= 4 is 23.2 Å². The Labute approximate surface area is 105 Å². The van der Waals surface area contributed by atoms with Crippen molar-refractivity contribution in [2.24, 2.45) is 0 Å². The summed E-state index contributed by atoms with van der Waals surface area (Å²) >= 11 is 12.2. The average molecular weight is 252 g/mol. The molecule has 0 unspecified atom stereocenters. The van der Waals surface area contributed by atoms with Gasteiger partial charge in [0.1, 0.15) is 5.75 Å². The summed E-state index contributed by atoms with van der Waals surface area (Å²) in [5.41, 5.74) is 0.690. The molecule has 0 amide bonds. The van der Waals surface area contributed by atoms with E-state index < -0.39 is 4.52 Å². The van der Waals surface area contributed by atoms with Gasteiger partial charge in [-0.15, -0.1) is 0 Å². The molecule has 2 aromatic carbocycles. The molecule has 0 fully saturated rings. The Kier molecular flexibility index (Phi) is 3.37. The molecule has 0 aliphatic carbocycles. The van der Waals surface area contributed by atoms with Crippen molar-refractivity contribution in [3.63, 3.8) is 0 Å². The molecule has 0 bridgehead atoms. The lowest BCUT2D eigenvalue weighted by molar-refractivity contribution is 0.245. The van der Waals surface area contributed by atoms with Gasteiger partial charge >= 0.3 is 0 Å². The zero-order valence-electron chi connectivity index (χ0n) is 8.36.